The Morgan fingerprint density at radius 1 is 0.447 bits per heavy atom. The molecule has 6 aromatic carbocycles. The summed E-state index contributed by atoms with van der Waals surface area (Å²) in [6.45, 7) is 0. The largest absolute Gasteiger partial charge is 0.748 e. The van der Waals surface area contributed by atoms with Crippen LogP contribution >= 0.6 is 38.4 Å². The summed E-state index contributed by atoms with van der Waals surface area (Å²) in [5, 5.41) is 8.56. The second kappa shape index (κ2) is 14.7. The van der Waals surface area contributed by atoms with Crippen molar-refractivity contribution in [3.63, 3.8) is 0 Å². The molecule has 0 aliphatic rings. The molecule has 0 spiro atoms. The molecule has 194 valence electrons. The summed E-state index contributed by atoms with van der Waals surface area (Å²) in [5.74, 6) is 0. The van der Waals surface area contributed by atoms with Gasteiger partial charge in [0.1, 0.15) is 0 Å². The van der Waals surface area contributed by atoms with Gasteiger partial charge in [-0.25, -0.2) is 6.07 Å². The SMILES string of the molecule is I[c-]1ccc(P(c2ccccc2)c2ccccc2)c1P(c1ccccc1)c1ccccc1.[Fe].[cH-]1[cH-][cH-][cH-][cH-]1. The van der Waals surface area contributed by atoms with Crippen molar-refractivity contribution >= 4 is 70.3 Å². The molecule has 0 amide bonds. The van der Waals surface area contributed by atoms with E-state index in [1.165, 1.54) is 35.4 Å². The fourth-order valence-electron chi connectivity index (χ4n) is 4.30. The van der Waals surface area contributed by atoms with Crippen molar-refractivity contribution in [2.24, 2.45) is 0 Å². The fourth-order valence-corrected chi connectivity index (χ4v) is 11.0. The van der Waals surface area contributed by atoms with Gasteiger partial charge >= 0.3 is 0 Å². The average molecular weight is 680 g/mol. The Labute approximate surface area is 253 Å². The van der Waals surface area contributed by atoms with Crippen LogP contribution in [-0.2, 0) is 17.1 Å². The second-order valence-corrected chi connectivity index (χ2v) is 13.9. The summed E-state index contributed by atoms with van der Waals surface area (Å²) in [5.41, 5.74) is 0. The van der Waals surface area contributed by atoms with Gasteiger partial charge in [0, 0.05) is 17.1 Å². The van der Waals surface area contributed by atoms with Gasteiger partial charge in [0.15, 0.2) is 0 Å². The van der Waals surface area contributed by atoms with E-state index in [4.69, 9.17) is 0 Å². The third-order valence-electron chi connectivity index (χ3n) is 5.93. The maximum absolute atomic E-state index is 2.55. The first-order chi connectivity index (χ1) is 18.3. The third kappa shape index (κ3) is 7.00. The number of hydrogen-bond donors (Lipinski definition) is 0. The van der Waals surface area contributed by atoms with Crippen LogP contribution in [0.1, 0.15) is 0 Å². The zero-order valence-corrected chi connectivity index (χ0v) is 25.8. The number of benzene rings is 4. The zero-order valence-electron chi connectivity index (χ0n) is 20.7. The maximum Gasteiger partial charge on any atom is 0 e. The van der Waals surface area contributed by atoms with E-state index in [-0.39, 0.29) is 17.1 Å². The first-order valence-electron chi connectivity index (χ1n) is 12.3. The van der Waals surface area contributed by atoms with E-state index in [1.54, 1.807) is 0 Å². The van der Waals surface area contributed by atoms with Gasteiger partial charge in [0.25, 0.3) is 0 Å². The van der Waals surface area contributed by atoms with Crippen molar-refractivity contribution in [2.75, 3.05) is 0 Å². The van der Waals surface area contributed by atoms with E-state index in [0.29, 0.717) is 0 Å². The third-order valence-corrected chi connectivity index (χ3v) is 12.5. The molecule has 38 heavy (non-hydrogen) atoms. The summed E-state index contributed by atoms with van der Waals surface area (Å²) in [6.07, 6.45) is 0. The van der Waals surface area contributed by atoms with Gasteiger partial charge in [-0.1, -0.05) is 133 Å². The van der Waals surface area contributed by atoms with E-state index in [1.807, 2.05) is 30.3 Å². The van der Waals surface area contributed by atoms with Gasteiger partial charge in [-0.2, -0.15) is 11.4 Å². The van der Waals surface area contributed by atoms with E-state index in [0.717, 1.165) is 0 Å². The molecule has 0 N–H and O–H groups in total. The Kier molecular flexibility index (Phi) is 11.1. The van der Waals surface area contributed by atoms with Gasteiger partial charge in [-0.3, -0.25) is 0 Å². The van der Waals surface area contributed by atoms with Crippen LogP contribution in [0.4, 0.5) is 0 Å². The van der Waals surface area contributed by atoms with Crippen LogP contribution in [0.2, 0.25) is 0 Å². The van der Waals surface area contributed by atoms with Gasteiger partial charge < -0.3 is 30.3 Å². The van der Waals surface area contributed by atoms with Crippen molar-refractivity contribution in [1.29, 1.82) is 0 Å². The summed E-state index contributed by atoms with van der Waals surface area (Å²) in [6, 6.07) is 58.8. The van der Waals surface area contributed by atoms with Crippen molar-refractivity contribution in [1.82, 2.24) is 0 Å². The summed E-state index contributed by atoms with van der Waals surface area (Å²) >= 11 is 2.55. The van der Waals surface area contributed by atoms with E-state index < -0.39 is 15.8 Å². The topological polar surface area (TPSA) is 0 Å². The Morgan fingerprint density at radius 2 is 0.763 bits per heavy atom. The van der Waals surface area contributed by atoms with Crippen LogP contribution in [0, 0.1) is 3.57 Å². The Morgan fingerprint density at radius 3 is 1.11 bits per heavy atom. The minimum atomic E-state index is -0.655. The van der Waals surface area contributed by atoms with Gasteiger partial charge in [0.2, 0.25) is 0 Å². The normalized spacial score (nSPS) is 10.5. The van der Waals surface area contributed by atoms with Crippen LogP contribution in [-0.4, -0.2) is 0 Å². The van der Waals surface area contributed by atoms with Crippen LogP contribution in [0.25, 0.3) is 0 Å². The molecule has 0 nitrogen and oxygen atoms in total. The summed E-state index contributed by atoms with van der Waals surface area (Å²) < 4.78 is 1.36. The Balaban J connectivity index is 0.000000504. The smallest absolute Gasteiger partial charge is 0 e. The molecule has 0 unspecified atom stereocenters. The van der Waals surface area contributed by atoms with E-state index in [9.17, 15) is 0 Å². The monoisotopic (exact) mass is 680 g/mol. The van der Waals surface area contributed by atoms with Crippen LogP contribution in [0.3, 0.4) is 0 Å². The van der Waals surface area contributed by atoms with Crippen molar-refractivity contribution in [3.05, 3.63) is 167 Å². The van der Waals surface area contributed by atoms with Crippen LogP contribution < -0.4 is 31.8 Å². The maximum atomic E-state index is 2.55. The molecule has 0 saturated carbocycles. The molecule has 4 heteroatoms. The molecule has 0 bridgehead atoms. The summed E-state index contributed by atoms with van der Waals surface area (Å²) in [7, 11) is -1.30. The van der Waals surface area contributed by atoms with E-state index >= 15 is 0 Å². The molecule has 0 aromatic heterocycles. The van der Waals surface area contributed by atoms with Crippen molar-refractivity contribution in [2.45, 2.75) is 0 Å². The fraction of sp³-hybridized carbons (Fsp3) is 0. The van der Waals surface area contributed by atoms with Gasteiger partial charge in [-0.05, 0) is 29.1 Å². The molecule has 6 rings (SSSR count). The molecular formula is C34H27FeIP2-6. The quantitative estimate of drug-likeness (QED) is 0.0776. The van der Waals surface area contributed by atoms with Crippen molar-refractivity contribution < 1.29 is 17.1 Å². The van der Waals surface area contributed by atoms with E-state index in [2.05, 4.69) is 156 Å². The second-order valence-electron chi connectivity index (χ2n) is 8.39. The first-order valence-corrected chi connectivity index (χ1v) is 16.0. The molecule has 0 heterocycles. The van der Waals surface area contributed by atoms with Crippen molar-refractivity contribution in [3.8, 4) is 0 Å². The van der Waals surface area contributed by atoms with Gasteiger partial charge in [-0.15, -0.1) is 27.9 Å². The predicted octanol–water partition coefficient (Wildman–Crippen LogP) is 6.93. The molecule has 6 aromatic rings. The predicted molar refractivity (Wildman–Crippen MR) is 174 cm³/mol. The average Bonchev–Trinajstić information content (AvgIpc) is 3.67. The number of hydrogen-bond acceptors (Lipinski definition) is 0. The van der Waals surface area contributed by atoms with Crippen LogP contribution in [0.5, 0.6) is 0 Å². The summed E-state index contributed by atoms with van der Waals surface area (Å²) in [4.78, 5) is 0. The Hall–Kier alpha value is -2.31. The molecule has 0 atom stereocenters. The Bertz CT molecular complexity index is 1370. The number of halogens is 1. The molecule has 0 fully saturated rings. The molecule has 0 aliphatic carbocycles. The molecule has 0 saturated heterocycles. The minimum Gasteiger partial charge on any atom is -0.748 e. The first kappa shape index (κ1) is 28.7. The molecule has 0 radical (unpaired) electrons. The zero-order chi connectivity index (χ0) is 25.3. The minimum absolute atomic E-state index is 0. The molecular weight excluding hydrogens is 653 g/mol. The standard InChI is InChI=1S/C29H22IP2.C5H5.Fe/c30-27-21-22-28(31(23-13-5-1-6-14-23)24-15-7-2-8-16-24)29(27)32(25-17-9-3-10-18-25)26-19-11-4-12-20-26;1-2-4-5-3-1;/h1-22H;1-5H;/q-1;-5;. The molecule has 0 aliphatic heterocycles. The number of rotatable bonds is 6. The van der Waals surface area contributed by atoms with Crippen LogP contribution in [0.15, 0.2) is 164 Å². The van der Waals surface area contributed by atoms with Gasteiger partial charge in [0.05, 0.1) is 0 Å².